The molecule has 2 unspecified atom stereocenters. The van der Waals surface area contributed by atoms with Crippen LogP contribution in [0.3, 0.4) is 0 Å². The molecule has 2 saturated heterocycles. The molecule has 1 amide bonds. The molecule has 3 heterocycles. The first kappa shape index (κ1) is 20.6. The van der Waals surface area contributed by atoms with E-state index in [-0.39, 0.29) is 18.6 Å². The fourth-order valence-corrected chi connectivity index (χ4v) is 8.76. The van der Waals surface area contributed by atoms with Crippen molar-refractivity contribution in [2.24, 2.45) is 0 Å². The van der Waals surface area contributed by atoms with Gasteiger partial charge in [0.05, 0.1) is 39.9 Å². The number of carbonyl (C=O) groups excluding carboxylic acids is 1. The first-order valence-electron chi connectivity index (χ1n) is 10.6. The lowest BCUT2D eigenvalue weighted by Gasteiger charge is -2.43. The highest BCUT2D eigenvalue weighted by Gasteiger charge is 2.72. The summed E-state index contributed by atoms with van der Waals surface area (Å²) < 4.78 is 28.7. The lowest BCUT2D eigenvalue weighted by atomic mass is 10.0. The van der Waals surface area contributed by atoms with Gasteiger partial charge in [-0.05, 0) is 37.1 Å². The molecule has 7 nitrogen and oxygen atoms in total. The summed E-state index contributed by atoms with van der Waals surface area (Å²) in [5.74, 6) is 0. The van der Waals surface area contributed by atoms with E-state index in [1.807, 2.05) is 12.1 Å². The van der Waals surface area contributed by atoms with Crippen molar-refractivity contribution in [3.63, 3.8) is 0 Å². The quantitative estimate of drug-likeness (QED) is 0.706. The van der Waals surface area contributed by atoms with Crippen molar-refractivity contribution in [2.45, 2.75) is 61.3 Å². The van der Waals surface area contributed by atoms with Crippen molar-refractivity contribution in [3.05, 3.63) is 29.3 Å². The number of hydrogen-bond acceptors (Lipinski definition) is 5. The lowest BCUT2D eigenvalue weighted by molar-refractivity contribution is -0.0591. The molecular weight excluding hydrogens is 428 g/mol. The van der Waals surface area contributed by atoms with Gasteiger partial charge >= 0.3 is 6.09 Å². The topological polar surface area (TPSA) is 79.3 Å². The van der Waals surface area contributed by atoms with Crippen LogP contribution >= 0.6 is 11.6 Å². The number of morpholine rings is 1. The zero-order chi connectivity index (χ0) is 21.1. The molecule has 1 saturated carbocycles. The van der Waals surface area contributed by atoms with Crippen LogP contribution in [0.1, 0.15) is 32.6 Å². The molecule has 3 fully saturated rings. The lowest BCUT2D eigenvalue weighted by Crippen LogP contribution is -2.57. The van der Waals surface area contributed by atoms with Gasteiger partial charge in [0.25, 0.3) is 0 Å². The summed E-state index contributed by atoms with van der Waals surface area (Å²) in [6.45, 7) is 3.75. The molecule has 1 N–H and O–H groups in total. The number of rotatable bonds is 4. The number of likely N-dealkylation sites (tertiary alicyclic amines) is 1. The number of carbonyl (C=O) groups is 1. The molecule has 5 atom stereocenters. The number of fused-ring (bicyclic) bond motifs is 3. The van der Waals surface area contributed by atoms with E-state index in [4.69, 9.17) is 21.1 Å². The van der Waals surface area contributed by atoms with Crippen molar-refractivity contribution >= 4 is 32.3 Å². The van der Waals surface area contributed by atoms with E-state index in [2.05, 4.69) is 11.2 Å². The Hall–Kier alpha value is -1.32. The van der Waals surface area contributed by atoms with Crippen LogP contribution in [-0.4, -0.2) is 79.6 Å². The molecule has 4 aliphatic rings. The van der Waals surface area contributed by atoms with Crippen LogP contribution in [0, 0.1) is 0 Å². The maximum absolute atomic E-state index is 14.6. The molecule has 0 spiro atoms. The average molecular weight is 455 g/mol. The number of aliphatic hydroxyl groups is 1. The second-order valence-electron chi connectivity index (χ2n) is 8.58. The maximum atomic E-state index is 14.6. The number of hydrogen-bond donors (Lipinski definition) is 1. The van der Waals surface area contributed by atoms with Gasteiger partial charge in [0.15, 0.2) is 5.60 Å². The molecule has 0 aromatic heterocycles. The van der Waals surface area contributed by atoms with E-state index in [1.54, 1.807) is 12.1 Å². The van der Waals surface area contributed by atoms with Crippen molar-refractivity contribution in [2.75, 3.05) is 26.3 Å². The first-order valence-corrected chi connectivity index (χ1v) is 12.5. The third-order valence-electron chi connectivity index (χ3n) is 6.64. The zero-order valence-electron chi connectivity index (χ0n) is 17.0. The molecule has 1 aromatic rings. The van der Waals surface area contributed by atoms with Gasteiger partial charge in [0.2, 0.25) is 0 Å². The van der Waals surface area contributed by atoms with E-state index < -0.39 is 27.5 Å². The standard InChI is InChI=1S/C21H27ClN2O5S/c1-2-3-15-12-28-13-18-21(29-20(26)23-9-8-16(25)11-23)10-19(21)30(27,24(15)18)17-6-4-14(22)5-7-17/h4-7,15-16,18,25H,2-3,8-13H2,1H3/t15-,16-,18-,21?,30?/m1/s1. The Labute approximate surface area is 182 Å². The van der Waals surface area contributed by atoms with Gasteiger partial charge in [-0.3, -0.25) is 0 Å². The highest BCUT2D eigenvalue weighted by molar-refractivity contribution is 8.01. The summed E-state index contributed by atoms with van der Waals surface area (Å²) in [5.41, 5.74) is -0.881. The van der Waals surface area contributed by atoms with Crippen LogP contribution in [0.2, 0.25) is 5.02 Å². The average Bonchev–Trinajstić information content (AvgIpc) is 3.22. The SMILES string of the molecule is CCC[C@@H]1COC[C@H]2N1S(=O)(c1ccc(Cl)cc1)=C1CC12OC(=O)N1CC[C@@H](O)C1. The second kappa shape index (κ2) is 7.38. The summed E-state index contributed by atoms with van der Waals surface area (Å²) in [5, 5.41) is 10.4. The minimum absolute atomic E-state index is 0.00131. The molecular formula is C21H27ClN2O5S. The number of β-amino-alcohol motifs (C(OH)–C–C–N with tert-alkyl or cyclic N) is 1. The van der Waals surface area contributed by atoms with Gasteiger partial charge in [0.1, 0.15) is 0 Å². The van der Waals surface area contributed by atoms with Gasteiger partial charge in [-0.1, -0.05) is 24.9 Å². The number of benzene rings is 1. The Morgan fingerprint density at radius 1 is 1.37 bits per heavy atom. The number of amides is 1. The molecule has 9 heteroatoms. The van der Waals surface area contributed by atoms with Gasteiger partial charge in [-0.25, -0.2) is 13.3 Å². The van der Waals surface area contributed by atoms with Crippen LogP contribution < -0.4 is 0 Å². The molecule has 0 radical (unpaired) electrons. The Morgan fingerprint density at radius 3 is 2.80 bits per heavy atom. The largest absolute Gasteiger partial charge is 0.435 e. The molecule has 3 aliphatic heterocycles. The molecule has 1 aliphatic carbocycles. The predicted octanol–water partition coefficient (Wildman–Crippen LogP) is 2.30. The summed E-state index contributed by atoms with van der Waals surface area (Å²) in [6.07, 6.45) is 1.89. The normalized spacial score (nSPS) is 37.8. The first-order chi connectivity index (χ1) is 14.4. The fourth-order valence-electron chi connectivity index (χ4n) is 5.12. The molecule has 5 rings (SSSR count). The number of ether oxygens (including phenoxy) is 2. The minimum Gasteiger partial charge on any atom is -0.435 e. The summed E-state index contributed by atoms with van der Waals surface area (Å²) in [7, 11) is -2.70. The summed E-state index contributed by atoms with van der Waals surface area (Å²) in [6, 6.07) is 6.89. The Bertz CT molecular complexity index is 974. The Balaban J connectivity index is 1.55. The maximum Gasteiger partial charge on any atom is 0.410 e. The summed E-state index contributed by atoms with van der Waals surface area (Å²) in [4.78, 5) is 15.9. The Kier molecular flexibility index (Phi) is 5.06. The van der Waals surface area contributed by atoms with Crippen molar-refractivity contribution in [1.82, 2.24) is 9.21 Å². The molecule has 164 valence electrons. The van der Waals surface area contributed by atoms with Crippen LogP contribution in [0.5, 0.6) is 0 Å². The van der Waals surface area contributed by atoms with E-state index in [0.717, 1.165) is 17.7 Å². The van der Waals surface area contributed by atoms with E-state index in [1.165, 1.54) is 4.90 Å². The Morgan fingerprint density at radius 2 is 2.13 bits per heavy atom. The number of aliphatic hydroxyl groups excluding tert-OH is 1. The van der Waals surface area contributed by atoms with E-state index in [9.17, 15) is 14.1 Å². The van der Waals surface area contributed by atoms with Gasteiger partial charge in [-0.2, -0.15) is 0 Å². The van der Waals surface area contributed by atoms with Crippen LogP contribution in [0.4, 0.5) is 4.79 Å². The van der Waals surface area contributed by atoms with Gasteiger partial charge in [-0.15, -0.1) is 0 Å². The second-order valence-corrected chi connectivity index (χ2v) is 11.5. The smallest absolute Gasteiger partial charge is 0.410 e. The monoisotopic (exact) mass is 454 g/mol. The third-order valence-corrected chi connectivity index (χ3v) is 10.1. The van der Waals surface area contributed by atoms with Crippen molar-refractivity contribution in [3.8, 4) is 0 Å². The third kappa shape index (κ3) is 2.99. The highest BCUT2D eigenvalue weighted by atomic mass is 35.5. The number of halogens is 1. The van der Waals surface area contributed by atoms with E-state index >= 15 is 0 Å². The van der Waals surface area contributed by atoms with Crippen molar-refractivity contribution < 1.29 is 23.6 Å². The van der Waals surface area contributed by atoms with Crippen LogP contribution in [-0.2, 0) is 19.2 Å². The van der Waals surface area contributed by atoms with Gasteiger partial charge in [0, 0.05) is 35.5 Å². The van der Waals surface area contributed by atoms with Crippen LogP contribution in [0.15, 0.2) is 29.2 Å². The molecule has 1 aromatic carbocycles. The zero-order valence-corrected chi connectivity index (χ0v) is 18.5. The van der Waals surface area contributed by atoms with Crippen LogP contribution in [0.25, 0.3) is 0 Å². The minimum atomic E-state index is -2.70. The van der Waals surface area contributed by atoms with Crippen molar-refractivity contribution in [1.29, 1.82) is 0 Å². The summed E-state index contributed by atoms with van der Waals surface area (Å²) >= 11 is 6.08. The molecule has 30 heavy (non-hydrogen) atoms. The fraction of sp³-hybridized carbons (Fsp3) is 0.619. The molecule has 0 bridgehead atoms. The van der Waals surface area contributed by atoms with E-state index in [0.29, 0.717) is 42.5 Å². The van der Waals surface area contributed by atoms with Gasteiger partial charge < -0.3 is 19.5 Å². The predicted molar refractivity (Wildman–Crippen MR) is 114 cm³/mol. The number of nitrogens with zero attached hydrogens (tertiary/aromatic N) is 2. The highest BCUT2D eigenvalue weighted by Crippen LogP contribution is 2.54.